The number of aromatic nitrogens is 1. The fourth-order valence-electron chi connectivity index (χ4n) is 1.57. The maximum Gasteiger partial charge on any atom is 0.181 e. The standard InChI is InChI=1S/C12H17NO2/c1-13-10-6-5-8-11(13)7-3-2-4-9-12(14)15/h5-6,8,10H,2-4,7,9H2,1H3. The van der Waals surface area contributed by atoms with Crippen LogP contribution in [0.5, 0.6) is 0 Å². The molecule has 1 rings (SSSR count). The first-order valence-corrected chi connectivity index (χ1v) is 5.33. The molecule has 0 fully saturated rings. The Morgan fingerprint density at radius 2 is 2.13 bits per heavy atom. The van der Waals surface area contributed by atoms with Gasteiger partial charge in [0.15, 0.2) is 11.9 Å². The Morgan fingerprint density at radius 1 is 1.33 bits per heavy atom. The monoisotopic (exact) mass is 207 g/mol. The summed E-state index contributed by atoms with van der Waals surface area (Å²) in [5, 5.41) is 10.2. The zero-order valence-corrected chi connectivity index (χ0v) is 9.11. The molecule has 0 saturated carbocycles. The highest BCUT2D eigenvalue weighted by Gasteiger charge is 2.03. The molecule has 0 amide bonds. The molecule has 0 bridgehead atoms. The molecule has 0 aliphatic rings. The van der Waals surface area contributed by atoms with Crippen molar-refractivity contribution in [3.8, 4) is 0 Å². The molecule has 15 heavy (non-hydrogen) atoms. The van der Waals surface area contributed by atoms with Gasteiger partial charge in [0, 0.05) is 24.5 Å². The summed E-state index contributed by atoms with van der Waals surface area (Å²) in [6.07, 6.45) is 5.91. The van der Waals surface area contributed by atoms with Crippen molar-refractivity contribution < 1.29 is 14.5 Å². The predicted molar refractivity (Wildman–Crippen MR) is 54.8 cm³/mol. The van der Waals surface area contributed by atoms with Gasteiger partial charge in [0.25, 0.3) is 0 Å². The highest BCUT2D eigenvalue weighted by Crippen LogP contribution is 2.03. The molecule has 0 aliphatic heterocycles. The summed E-state index contributed by atoms with van der Waals surface area (Å²) in [6, 6.07) is 6.12. The fourth-order valence-corrected chi connectivity index (χ4v) is 1.57. The van der Waals surface area contributed by atoms with E-state index in [1.54, 1.807) is 0 Å². The summed E-state index contributed by atoms with van der Waals surface area (Å²) < 4.78 is 2.10. The van der Waals surface area contributed by atoms with Crippen molar-refractivity contribution in [2.75, 3.05) is 0 Å². The van der Waals surface area contributed by atoms with Crippen LogP contribution in [0.3, 0.4) is 0 Å². The number of aliphatic carboxylic acids is 1. The molecule has 0 saturated heterocycles. The van der Waals surface area contributed by atoms with Crippen LogP contribution in [0.4, 0.5) is 0 Å². The molecule has 0 spiro atoms. The third-order valence-electron chi connectivity index (χ3n) is 2.48. The molecule has 0 aromatic carbocycles. The molecule has 1 heterocycles. The maximum atomic E-state index is 10.2. The second-order valence-corrected chi connectivity index (χ2v) is 3.74. The van der Waals surface area contributed by atoms with E-state index in [4.69, 9.17) is 0 Å². The molecular weight excluding hydrogens is 190 g/mol. The Kier molecular flexibility index (Phi) is 4.81. The largest absolute Gasteiger partial charge is 0.550 e. The number of carboxylic acid groups (broad SMARTS) is 1. The van der Waals surface area contributed by atoms with Crippen molar-refractivity contribution >= 4 is 5.97 Å². The molecule has 1 aromatic rings. The van der Waals surface area contributed by atoms with E-state index in [1.807, 2.05) is 25.4 Å². The van der Waals surface area contributed by atoms with E-state index in [1.165, 1.54) is 5.69 Å². The van der Waals surface area contributed by atoms with E-state index in [0.717, 1.165) is 25.7 Å². The zero-order chi connectivity index (χ0) is 11.1. The predicted octanol–water partition coefficient (Wildman–Crippen LogP) is 0.364. The molecular formula is C12H17NO2. The summed E-state index contributed by atoms with van der Waals surface area (Å²) in [4.78, 5) is 10.2. The van der Waals surface area contributed by atoms with E-state index in [2.05, 4.69) is 10.6 Å². The zero-order valence-electron chi connectivity index (χ0n) is 9.11. The number of pyridine rings is 1. The lowest BCUT2D eigenvalue weighted by Gasteiger charge is -2.01. The number of carboxylic acids is 1. The summed E-state index contributed by atoms with van der Waals surface area (Å²) >= 11 is 0. The second-order valence-electron chi connectivity index (χ2n) is 3.74. The van der Waals surface area contributed by atoms with Gasteiger partial charge in [-0.1, -0.05) is 12.5 Å². The summed E-state index contributed by atoms with van der Waals surface area (Å²) in [7, 11) is 2.02. The highest BCUT2D eigenvalue weighted by atomic mass is 16.4. The lowest BCUT2D eigenvalue weighted by atomic mass is 10.1. The van der Waals surface area contributed by atoms with Crippen LogP contribution in [-0.4, -0.2) is 5.97 Å². The van der Waals surface area contributed by atoms with Gasteiger partial charge in [-0.05, 0) is 19.3 Å². The van der Waals surface area contributed by atoms with E-state index in [9.17, 15) is 9.90 Å². The van der Waals surface area contributed by atoms with E-state index in [-0.39, 0.29) is 6.42 Å². The minimum atomic E-state index is -0.944. The second kappa shape index (κ2) is 6.17. The van der Waals surface area contributed by atoms with Crippen LogP contribution in [0.15, 0.2) is 24.4 Å². The van der Waals surface area contributed by atoms with Gasteiger partial charge >= 0.3 is 0 Å². The van der Waals surface area contributed by atoms with E-state index < -0.39 is 5.97 Å². The Bertz CT molecular complexity index is 323. The quantitative estimate of drug-likeness (QED) is 0.499. The van der Waals surface area contributed by atoms with Crippen LogP contribution >= 0.6 is 0 Å². The van der Waals surface area contributed by atoms with Gasteiger partial charge in [0.1, 0.15) is 7.05 Å². The first-order valence-electron chi connectivity index (χ1n) is 5.33. The lowest BCUT2D eigenvalue weighted by molar-refractivity contribution is -0.679. The number of unbranched alkanes of at least 4 members (excludes halogenated alkanes) is 2. The normalized spacial score (nSPS) is 10.2. The average Bonchev–Trinajstić information content (AvgIpc) is 2.20. The number of rotatable bonds is 6. The summed E-state index contributed by atoms with van der Waals surface area (Å²) in [6.45, 7) is 0. The minimum Gasteiger partial charge on any atom is -0.550 e. The van der Waals surface area contributed by atoms with Crippen LogP contribution in [-0.2, 0) is 18.3 Å². The van der Waals surface area contributed by atoms with Gasteiger partial charge in [0.05, 0.1) is 0 Å². The fraction of sp³-hybridized carbons (Fsp3) is 0.500. The van der Waals surface area contributed by atoms with Crippen LogP contribution in [0.25, 0.3) is 0 Å². The average molecular weight is 207 g/mol. The smallest absolute Gasteiger partial charge is 0.181 e. The van der Waals surface area contributed by atoms with Crippen molar-refractivity contribution in [1.29, 1.82) is 0 Å². The van der Waals surface area contributed by atoms with E-state index in [0.29, 0.717) is 0 Å². The van der Waals surface area contributed by atoms with Gasteiger partial charge < -0.3 is 9.90 Å². The molecule has 3 nitrogen and oxygen atoms in total. The maximum absolute atomic E-state index is 10.2. The van der Waals surface area contributed by atoms with Crippen LogP contribution in [0.2, 0.25) is 0 Å². The first-order chi connectivity index (χ1) is 7.20. The number of carbonyl (C=O) groups excluding carboxylic acids is 1. The molecule has 0 unspecified atom stereocenters. The SMILES string of the molecule is C[n+]1ccccc1CCCCCC(=O)[O-]. The molecule has 0 N–H and O–H groups in total. The number of hydrogen-bond donors (Lipinski definition) is 0. The van der Waals surface area contributed by atoms with Gasteiger partial charge in [-0.3, -0.25) is 0 Å². The van der Waals surface area contributed by atoms with Gasteiger partial charge in [-0.2, -0.15) is 0 Å². The van der Waals surface area contributed by atoms with Crippen molar-refractivity contribution in [3.63, 3.8) is 0 Å². The number of aryl methyl sites for hydroxylation is 2. The van der Waals surface area contributed by atoms with Crippen molar-refractivity contribution in [3.05, 3.63) is 30.1 Å². The van der Waals surface area contributed by atoms with Crippen molar-refractivity contribution in [2.24, 2.45) is 7.05 Å². The Balaban J connectivity index is 2.21. The lowest BCUT2D eigenvalue weighted by Crippen LogP contribution is -2.32. The third kappa shape index (κ3) is 4.58. The Labute approximate surface area is 90.4 Å². The number of hydrogen-bond acceptors (Lipinski definition) is 2. The van der Waals surface area contributed by atoms with Gasteiger partial charge in [-0.25, -0.2) is 4.57 Å². The molecule has 1 aromatic heterocycles. The molecule has 3 heteroatoms. The molecule has 0 radical (unpaired) electrons. The van der Waals surface area contributed by atoms with Crippen LogP contribution in [0, 0.1) is 0 Å². The summed E-state index contributed by atoms with van der Waals surface area (Å²) in [5.41, 5.74) is 1.28. The van der Waals surface area contributed by atoms with Crippen molar-refractivity contribution in [1.82, 2.24) is 0 Å². The number of carbonyl (C=O) groups is 1. The van der Waals surface area contributed by atoms with Crippen LogP contribution in [0.1, 0.15) is 31.4 Å². The number of nitrogens with zero attached hydrogens (tertiary/aromatic N) is 1. The minimum absolute atomic E-state index is 0.181. The van der Waals surface area contributed by atoms with Gasteiger partial charge in [0.2, 0.25) is 0 Å². The topological polar surface area (TPSA) is 44.0 Å². The molecule has 82 valence electrons. The first kappa shape index (κ1) is 11.7. The molecule has 0 atom stereocenters. The van der Waals surface area contributed by atoms with Gasteiger partial charge in [-0.15, -0.1) is 0 Å². The Hall–Kier alpha value is -1.38. The summed E-state index contributed by atoms with van der Waals surface area (Å²) in [5.74, 6) is -0.944. The Morgan fingerprint density at radius 3 is 2.80 bits per heavy atom. The molecule has 0 aliphatic carbocycles. The van der Waals surface area contributed by atoms with Crippen molar-refractivity contribution in [2.45, 2.75) is 32.1 Å². The van der Waals surface area contributed by atoms with E-state index >= 15 is 0 Å². The third-order valence-corrected chi connectivity index (χ3v) is 2.48. The van der Waals surface area contributed by atoms with Crippen LogP contribution < -0.4 is 9.67 Å². The highest BCUT2D eigenvalue weighted by molar-refractivity contribution is 5.63.